The van der Waals surface area contributed by atoms with Crippen molar-refractivity contribution in [3.05, 3.63) is 11.8 Å². The Balaban J connectivity index is 1.44. The maximum Gasteiger partial charge on any atom is 0.226 e. The number of piperidine rings is 1. The van der Waals surface area contributed by atoms with Gasteiger partial charge in [-0.1, -0.05) is 19.9 Å². The Kier molecular flexibility index (Phi) is 3.49. The largest absolute Gasteiger partial charge is 0.374 e. The van der Waals surface area contributed by atoms with Gasteiger partial charge in [0.25, 0.3) is 0 Å². The number of carbonyl (C=O) groups is 1. The van der Waals surface area contributed by atoms with Gasteiger partial charge in [0.2, 0.25) is 5.91 Å². The van der Waals surface area contributed by atoms with E-state index in [1.54, 1.807) is 0 Å². The summed E-state index contributed by atoms with van der Waals surface area (Å²) in [6.07, 6.45) is 14.3. The molecule has 0 radical (unpaired) electrons. The minimum absolute atomic E-state index is 0.211. The first-order valence-corrected chi connectivity index (χ1v) is 10.6. The molecule has 4 fully saturated rings. The van der Waals surface area contributed by atoms with E-state index in [1.165, 1.54) is 50.6 Å². The molecule has 0 N–H and O–H groups in total. The minimum atomic E-state index is 0.211. The van der Waals surface area contributed by atoms with Gasteiger partial charge in [-0.25, -0.2) is 0 Å². The summed E-state index contributed by atoms with van der Waals surface area (Å²) in [6, 6.07) is 0. The van der Waals surface area contributed by atoms with Gasteiger partial charge in [0, 0.05) is 24.6 Å². The van der Waals surface area contributed by atoms with Crippen molar-refractivity contribution in [2.24, 2.45) is 28.6 Å². The van der Waals surface area contributed by atoms with Gasteiger partial charge < -0.3 is 9.64 Å². The number of hydrogen-bond donors (Lipinski definition) is 0. The van der Waals surface area contributed by atoms with Gasteiger partial charge in [-0.3, -0.25) is 4.79 Å². The van der Waals surface area contributed by atoms with Gasteiger partial charge in [0.1, 0.15) is 0 Å². The molecular formula is C22H33NO2. The second kappa shape index (κ2) is 5.34. The number of ether oxygens (including phenoxy) is 1. The predicted molar refractivity (Wildman–Crippen MR) is 97.8 cm³/mol. The van der Waals surface area contributed by atoms with Crippen molar-refractivity contribution in [1.82, 2.24) is 4.90 Å². The number of likely N-dealkylation sites (tertiary alicyclic amines) is 1. The van der Waals surface area contributed by atoms with Crippen molar-refractivity contribution >= 4 is 5.91 Å². The lowest BCUT2D eigenvalue weighted by molar-refractivity contribution is -0.137. The number of hydrogen-bond acceptors (Lipinski definition) is 2. The van der Waals surface area contributed by atoms with E-state index in [-0.39, 0.29) is 5.41 Å². The van der Waals surface area contributed by atoms with Crippen LogP contribution in [0.4, 0.5) is 0 Å². The van der Waals surface area contributed by atoms with Crippen molar-refractivity contribution < 1.29 is 9.53 Å². The molecule has 0 spiro atoms. The van der Waals surface area contributed by atoms with Crippen molar-refractivity contribution in [1.29, 1.82) is 0 Å². The fourth-order valence-electron chi connectivity index (χ4n) is 7.19. The number of rotatable bonds is 2. The Morgan fingerprint density at radius 3 is 2.64 bits per heavy atom. The average Bonchev–Trinajstić information content (AvgIpc) is 3.34. The Hall–Kier alpha value is -0.830. The van der Waals surface area contributed by atoms with Crippen LogP contribution >= 0.6 is 0 Å². The lowest BCUT2D eigenvalue weighted by atomic mass is 9.49. The summed E-state index contributed by atoms with van der Waals surface area (Å²) in [5.41, 5.74) is 1.93. The number of nitrogens with zero attached hydrogens (tertiary/aromatic N) is 1. The van der Waals surface area contributed by atoms with Crippen LogP contribution in [0, 0.1) is 28.6 Å². The van der Waals surface area contributed by atoms with Crippen molar-refractivity contribution in [3.8, 4) is 0 Å². The van der Waals surface area contributed by atoms with Gasteiger partial charge in [-0.15, -0.1) is 0 Å². The first-order chi connectivity index (χ1) is 11.9. The molecule has 1 saturated heterocycles. The highest BCUT2D eigenvalue weighted by atomic mass is 16.5. The summed E-state index contributed by atoms with van der Waals surface area (Å²) in [4.78, 5) is 14.2. The normalized spacial score (nSPS) is 49.3. The van der Waals surface area contributed by atoms with Gasteiger partial charge in [-0.05, 0) is 74.5 Å². The fourth-order valence-corrected chi connectivity index (χ4v) is 7.19. The minimum Gasteiger partial charge on any atom is -0.374 e. The highest BCUT2D eigenvalue weighted by Gasteiger charge is 2.60. The Morgan fingerprint density at radius 1 is 1.08 bits per heavy atom. The second-order valence-corrected chi connectivity index (χ2v) is 10.0. The van der Waals surface area contributed by atoms with Crippen LogP contribution in [0.15, 0.2) is 11.8 Å². The lowest BCUT2D eigenvalue weighted by Crippen LogP contribution is -2.54. The zero-order valence-electron chi connectivity index (χ0n) is 16.1. The van der Waals surface area contributed by atoms with Crippen molar-refractivity contribution in [3.63, 3.8) is 0 Å². The van der Waals surface area contributed by atoms with Crippen LogP contribution in [-0.4, -0.2) is 30.1 Å². The maximum atomic E-state index is 12.2. The molecule has 25 heavy (non-hydrogen) atoms. The van der Waals surface area contributed by atoms with Crippen LogP contribution in [0.5, 0.6) is 0 Å². The topological polar surface area (TPSA) is 29.5 Å². The maximum absolute atomic E-state index is 12.2. The monoisotopic (exact) mass is 343 g/mol. The molecule has 5 aliphatic rings. The Labute approximate surface area is 152 Å². The molecule has 6 unspecified atom stereocenters. The van der Waals surface area contributed by atoms with Crippen molar-refractivity contribution in [2.75, 3.05) is 7.05 Å². The number of amides is 1. The third-order valence-corrected chi connectivity index (χ3v) is 8.81. The molecule has 3 nitrogen and oxygen atoms in total. The van der Waals surface area contributed by atoms with E-state index in [4.69, 9.17) is 4.74 Å². The predicted octanol–water partition coefficient (Wildman–Crippen LogP) is 4.52. The fraction of sp³-hybridized carbons (Fsp3) is 0.864. The zero-order valence-corrected chi connectivity index (χ0v) is 16.1. The summed E-state index contributed by atoms with van der Waals surface area (Å²) in [7, 11) is 1.99. The number of carbonyl (C=O) groups excluding carboxylic acids is 1. The molecule has 0 aromatic carbocycles. The van der Waals surface area contributed by atoms with E-state index in [1.807, 2.05) is 11.9 Å². The molecule has 138 valence electrons. The summed E-state index contributed by atoms with van der Waals surface area (Å²) in [5, 5.41) is 0. The standard InChI is InChI=1S/C22H33NO2/c1-21-13-11-20(24)23(3)18(21)8-6-15-16-7-9-19(25-14-4-5-14)22(16,2)12-10-17(15)21/h8,14-17,19H,4-7,9-13H2,1-3H3. The van der Waals surface area contributed by atoms with E-state index in [0.29, 0.717) is 23.5 Å². The second-order valence-electron chi connectivity index (χ2n) is 10.0. The summed E-state index contributed by atoms with van der Waals surface area (Å²) >= 11 is 0. The van der Waals surface area contributed by atoms with Crippen LogP contribution in [0.1, 0.15) is 71.6 Å². The van der Waals surface area contributed by atoms with Gasteiger partial charge in [0.15, 0.2) is 0 Å². The quantitative estimate of drug-likeness (QED) is 0.737. The molecule has 5 rings (SSSR count). The average molecular weight is 344 g/mol. The molecule has 4 aliphatic carbocycles. The molecular weight excluding hydrogens is 310 g/mol. The molecule has 3 heteroatoms. The first-order valence-electron chi connectivity index (χ1n) is 10.6. The third kappa shape index (κ3) is 2.23. The van der Waals surface area contributed by atoms with Crippen LogP contribution in [0.2, 0.25) is 0 Å². The number of fused-ring (bicyclic) bond motifs is 5. The van der Waals surface area contributed by atoms with E-state index >= 15 is 0 Å². The first kappa shape index (κ1) is 16.4. The smallest absolute Gasteiger partial charge is 0.226 e. The van der Waals surface area contributed by atoms with E-state index in [2.05, 4.69) is 19.9 Å². The lowest BCUT2D eigenvalue weighted by Gasteiger charge is -2.58. The molecule has 1 amide bonds. The highest BCUT2D eigenvalue weighted by Crippen LogP contribution is 2.65. The molecule has 0 aromatic heterocycles. The third-order valence-electron chi connectivity index (χ3n) is 8.81. The molecule has 0 aromatic rings. The summed E-state index contributed by atoms with van der Waals surface area (Å²) in [5.74, 6) is 2.66. The molecule has 3 saturated carbocycles. The molecule has 6 atom stereocenters. The molecule has 1 aliphatic heterocycles. The van der Waals surface area contributed by atoms with Gasteiger partial charge in [-0.2, -0.15) is 0 Å². The van der Waals surface area contributed by atoms with E-state index < -0.39 is 0 Å². The van der Waals surface area contributed by atoms with Gasteiger partial charge >= 0.3 is 0 Å². The Morgan fingerprint density at radius 2 is 1.88 bits per heavy atom. The highest BCUT2D eigenvalue weighted by molar-refractivity contribution is 5.79. The van der Waals surface area contributed by atoms with Crippen LogP contribution in [0.3, 0.4) is 0 Å². The SMILES string of the molecule is CN1C(=O)CCC2(C)C1=CCC1C2CCC2(C)C(OC3CC3)CCC12. The van der Waals surface area contributed by atoms with E-state index in [0.717, 1.165) is 30.6 Å². The summed E-state index contributed by atoms with van der Waals surface area (Å²) < 4.78 is 6.47. The van der Waals surface area contributed by atoms with Crippen LogP contribution in [-0.2, 0) is 9.53 Å². The summed E-state index contributed by atoms with van der Waals surface area (Å²) in [6.45, 7) is 4.99. The number of allylic oxidation sites excluding steroid dienone is 2. The zero-order chi connectivity index (χ0) is 17.4. The van der Waals surface area contributed by atoms with Crippen molar-refractivity contribution in [2.45, 2.75) is 83.8 Å². The Bertz CT molecular complexity index is 624. The van der Waals surface area contributed by atoms with E-state index in [9.17, 15) is 4.79 Å². The van der Waals surface area contributed by atoms with Crippen LogP contribution < -0.4 is 0 Å². The van der Waals surface area contributed by atoms with Crippen LogP contribution in [0.25, 0.3) is 0 Å². The molecule has 0 bridgehead atoms. The van der Waals surface area contributed by atoms with Gasteiger partial charge in [0.05, 0.1) is 12.2 Å². The molecule has 1 heterocycles.